The molecule has 0 fully saturated rings. The molecule has 0 spiro atoms. The minimum Gasteiger partial charge on any atom is -0.394 e. The van der Waals surface area contributed by atoms with Crippen molar-refractivity contribution in [3.63, 3.8) is 0 Å². The number of carbonyl (C=O) groups is 1. The molecule has 4 nitrogen and oxygen atoms in total. The van der Waals surface area contributed by atoms with E-state index in [1.807, 2.05) is 0 Å². The lowest BCUT2D eigenvalue weighted by Gasteiger charge is -2.05. The fourth-order valence-electron chi connectivity index (χ4n) is 0.225. The summed E-state index contributed by atoms with van der Waals surface area (Å²) in [5.74, 6) is -0.553. The second-order valence-corrected chi connectivity index (χ2v) is 1.64. The molecule has 0 aromatic carbocycles. The second-order valence-electron chi connectivity index (χ2n) is 1.30. The number of nitrogens with one attached hydrogen (secondary N) is 1. The van der Waals surface area contributed by atoms with Crippen LogP contribution in [0.25, 0.3) is 0 Å². The summed E-state index contributed by atoms with van der Waals surface area (Å²) in [5, 5.41) is 10.8. The Morgan fingerprint density at radius 1 is 2.00 bits per heavy atom. The number of primary amides is 1. The third kappa shape index (κ3) is 2.21. The van der Waals surface area contributed by atoms with Gasteiger partial charge in [-0.15, -0.1) is 0 Å². The Balaban J connectivity index is 3.52. The lowest BCUT2D eigenvalue weighted by atomic mass is 10.3. The standard InChI is InChI=1S/C3H9N2O2P/c4-3(7)2(1-6)5-8/h2,5-6H,1,8H2,(H2,4,7)/t2-/m1/s1. The van der Waals surface area contributed by atoms with E-state index in [0.717, 1.165) is 0 Å². The molecule has 0 heterocycles. The van der Waals surface area contributed by atoms with E-state index in [1.165, 1.54) is 0 Å². The third-order valence-corrected chi connectivity index (χ3v) is 1.13. The molecule has 1 amide bonds. The largest absolute Gasteiger partial charge is 0.394 e. The van der Waals surface area contributed by atoms with Crippen LogP contribution >= 0.6 is 9.39 Å². The molecule has 0 aromatic heterocycles. The summed E-state index contributed by atoms with van der Waals surface area (Å²) in [5.41, 5.74) is 4.78. The number of hydrogen-bond acceptors (Lipinski definition) is 3. The minimum atomic E-state index is -0.639. The van der Waals surface area contributed by atoms with E-state index in [-0.39, 0.29) is 6.61 Å². The van der Waals surface area contributed by atoms with Gasteiger partial charge in [-0.2, -0.15) is 0 Å². The topological polar surface area (TPSA) is 75.4 Å². The van der Waals surface area contributed by atoms with Gasteiger partial charge in [-0.1, -0.05) is 9.39 Å². The number of hydrogen-bond donors (Lipinski definition) is 3. The molecule has 48 valence electrons. The zero-order valence-electron chi connectivity index (χ0n) is 4.29. The van der Waals surface area contributed by atoms with Gasteiger partial charge in [0.2, 0.25) is 5.91 Å². The van der Waals surface area contributed by atoms with Crippen LogP contribution < -0.4 is 10.8 Å². The maximum atomic E-state index is 10.1. The molecule has 0 aliphatic heterocycles. The summed E-state index contributed by atoms with van der Waals surface area (Å²) in [6, 6.07) is -0.639. The van der Waals surface area contributed by atoms with Crippen LogP contribution in [0.15, 0.2) is 0 Å². The van der Waals surface area contributed by atoms with Gasteiger partial charge in [0.05, 0.1) is 6.61 Å². The summed E-state index contributed by atoms with van der Waals surface area (Å²) in [6.45, 7) is -0.265. The summed E-state index contributed by atoms with van der Waals surface area (Å²) in [7, 11) is 2.10. The first-order valence-electron chi connectivity index (χ1n) is 2.08. The number of aliphatic hydroxyl groups excluding tert-OH is 1. The predicted octanol–water partition coefficient (Wildman–Crippen LogP) is -1.79. The Morgan fingerprint density at radius 3 is 2.50 bits per heavy atom. The highest BCUT2D eigenvalue weighted by atomic mass is 31.0. The zero-order valence-corrected chi connectivity index (χ0v) is 5.45. The van der Waals surface area contributed by atoms with Crippen LogP contribution in [0.5, 0.6) is 0 Å². The molecular weight excluding hydrogens is 127 g/mol. The van der Waals surface area contributed by atoms with Crippen LogP contribution in [0.3, 0.4) is 0 Å². The van der Waals surface area contributed by atoms with Crippen molar-refractivity contribution in [2.75, 3.05) is 6.61 Å². The van der Waals surface area contributed by atoms with Crippen molar-refractivity contribution in [2.45, 2.75) is 6.04 Å². The average molecular weight is 136 g/mol. The molecular formula is C3H9N2O2P. The molecule has 1 unspecified atom stereocenters. The van der Waals surface area contributed by atoms with Crippen molar-refractivity contribution in [2.24, 2.45) is 5.73 Å². The first-order chi connectivity index (χ1) is 3.72. The van der Waals surface area contributed by atoms with Crippen LogP contribution in [0, 0.1) is 0 Å². The predicted molar refractivity (Wildman–Crippen MR) is 32.9 cm³/mol. The quantitative estimate of drug-likeness (QED) is 0.401. The van der Waals surface area contributed by atoms with Gasteiger partial charge in [0.1, 0.15) is 6.04 Å². The van der Waals surface area contributed by atoms with E-state index >= 15 is 0 Å². The minimum absolute atomic E-state index is 0.265. The summed E-state index contributed by atoms with van der Waals surface area (Å²) in [6.07, 6.45) is 0. The maximum Gasteiger partial charge on any atom is 0.237 e. The van der Waals surface area contributed by atoms with Gasteiger partial charge in [0.15, 0.2) is 0 Å². The number of carbonyl (C=O) groups excluding carboxylic acids is 1. The number of amides is 1. The maximum absolute atomic E-state index is 10.1. The Hall–Kier alpha value is -0.180. The average Bonchev–Trinajstić information content (AvgIpc) is 1.69. The highest BCUT2D eigenvalue weighted by Crippen LogP contribution is 1.81. The van der Waals surface area contributed by atoms with Crippen molar-refractivity contribution >= 4 is 15.3 Å². The first-order valence-corrected chi connectivity index (χ1v) is 2.66. The van der Waals surface area contributed by atoms with Crippen molar-refractivity contribution in [1.29, 1.82) is 0 Å². The Bertz CT molecular complexity index is 83.4. The van der Waals surface area contributed by atoms with Gasteiger partial charge in [-0.05, 0) is 0 Å². The van der Waals surface area contributed by atoms with E-state index in [0.29, 0.717) is 0 Å². The monoisotopic (exact) mass is 136 g/mol. The van der Waals surface area contributed by atoms with Crippen LogP contribution in [-0.2, 0) is 4.79 Å². The fourth-order valence-corrected chi connectivity index (χ4v) is 0.494. The van der Waals surface area contributed by atoms with E-state index in [1.54, 1.807) is 0 Å². The van der Waals surface area contributed by atoms with E-state index < -0.39 is 11.9 Å². The Kier molecular flexibility index (Phi) is 3.69. The van der Waals surface area contributed by atoms with Crippen LogP contribution in [0.1, 0.15) is 0 Å². The van der Waals surface area contributed by atoms with E-state index in [2.05, 4.69) is 14.5 Å². The van der Waals surface area contributed by atoms with Gasteiger partial charge >= 0.3 is 0 Å². The number of rotatable bonds is 3. The SMILES string of the molecule is NC(=O)[C@@H](CO)NP. The molecule has 0 aliphatic carbocycles. The molecule has 8 heavy (non-hydrogen) atoms. The van der Waals surface area contributed by atoms with E-state index in [9.17, 15) is 4.79 Å². The van der Waals surface area contributed by atoms with Crippen molar-refractivity contribution in [3.05, 3.63) is 0 Å². The highest BCUT2D eigenvalue weighted by Gasteiger charge is 2.08. The van der Waals surface area contributed by atoms with E-state index in [4.69, 9.17) is 10.8 Å². The smallest absolute Gasteiger partial charge is 0.237 e. The molecule has 0 bridgehead atoms. The highest BCUT2D eigenvalue weighted by molar-refractivity contribution is 7.13. The molecule has 0 saturated heterocycles. The number of nitrogens with two attached hydrogens (primary N) is 1. The van der Waals surface area contributed by atoms with Crippen molar-refractivity contribution in [3.8, 4) is 0 Å². The molecule has 2 atom stereocenters. The van der Waals surface area contributed by atoms with Gasteiger partial charge < -0.3 is 10.8 Å². The first kappa shape index (κ1) is 7.82. The van der Waals surface area contributed by atoms with Gasteiger partial charge in [0, 0.05) is 0 Å². The van der Waals surface area contributed by atoms with Crippen LogP contribution in [0.4, 0.5) is 0 Å². The van der Waals surface area contributed by atoms with Crippen LogP contribution in [0.2, 0.25) is 0 Å². The van der Waals surface area contributed by atoms with Crippen molar-refractivity contribution < 1.29 is 9.90 Å². The molecule has 0 rings (SSSR count). The molecule has 0 saturated carbocycles. The Labute approximate surface area is 49.7 Å². The molecule has 0 radical (unpaired) electrons. The second kappa shape index (κ2) is 3.78. The third-order valence-electron chi connectivity index (χ3n) is 0.727. The summed E-state index contributed by atoms with van der Waals surface area (Å²) in [4.78, 5) is 10.1. The molecule has 0 aromatic rings. The normalized spacial score (nSPS) is 13.2. The molecule has 4 N–H and O–H groups in total. The zero-order chi connectivity index (χ0) is 6.57. The lowest BCUT2D eigenvalue weighted by Crippen LogP contribution is -2.39. The lowest BCUT2D eigenvalue weighted by molar-refractivity contribution is -0.120. The molecule has 0 aliphatic rings. The summed E-state index contributed by atoms with van der Waals surface area (Å²) >= 11 is 0. The Morgan fingerprint density at radius 2 is 2.50 bits per heavy atom. The number of aliphatic hydroxyl groups is 1. The van der Waals surface area contributed by atoms with Crippen LogP contribution in [-0.4, -0.2) is 23.7 Å². The summed E-state index contributed by atoms with van der Waals surface area (Å²) < 4.78 is 0. The fraction of sp³-hybridized carbons (Fsp3) is 0.667. The van der Waals surface area contributed by atoms with Gasteiger partial charge in [0.25, 0.3) is 0 Å². The van der Waals surface area contributed by atoms with Gasteiger partial charge in [-0.25, -0.2) is 0 Å². The van der Waals surface area contributed by atoms with Gasteiger partial charge in [-0.3, -0.25) is 9.88 Å². The van der Waals surface area contributed by atoms with Crippen molar-refractivity contribution in [1.82, 2.24) is 5.09 Å². The molecule has 5 heteroatoms.